The SMILES string of the molecule is O=C(c1ncccn1)C1CCc2ccccc2C1. The fourth-order valence-corrected chi connectivity index (χ4v) is 2.53. The van der Waals surface area contributed by atoms with Crippen LogP contribution in [0.1, 0.15) is 28.2 Å². The molecule has 3 heteroatoms. The fraction of sp³-hybridized carbons (Fsp3) is 0.267. The topological polar surface area (TPSA) is 42.9 Å². The van der Waals surface area contributed by atoms with Gasteiger partial charge in [-0.25, -0.2) is 9.97 Å². The molecule has 1 unspecified atom stereocenters. The average molecular weight is 238 g/mol. The molecule has 3 nitrogen and oxygen atoms in total. The number of nitrogens with zero attached hydrogens (tertiary/aromatic N) is 2. The van der Waals surface area contributed by atoms with Gasteiger partial charge in [-0.15, -0.1) is 0 Å². The number of fused-ring (bicyclic) bond motifs is 1. The van der Waals surface area contributed by atoms with Crippen LogP contribution in [0, 0.1) is 5.92 Å². The van der Waals surface area contributed by atoms with E-state index in [2.05, 4.69) is 28.2 Å². The van der Waals surface area contributed by atoms with Gasteiger partial charge in [0, 0.05) is 18.3 Å². The molecule has 0 fully saturated rings. The quantitative estimate of drug-likeness (QED) is 0.755. The first-order valence-electron chi connectivity index (χ1n) is 6.22. The van der Waals surface area contributed by atoms with E-state index in [-0.39, 0.29) is 11.7 Å². The summed E-state index contributed by atoms with van der Waals surface area (Å²) in [6.07, 6.45) is 5.93. The summed E-state index contributed by atoms with van der Waals surface area (Å²) in [4.78, 5) is 20.4. The first-order chi connectivity index (χ1) is 8.84. The van der Waals surface area contributed by atoms with Crippen molar-refractivity contribution < 1.29 is 4.79 Å². The largest absolute Gasteiger partial charge is 0.290 e. The minimum Gasteiger partial charge on any atom is -0.290 e. The highest BCUT2D eigenvalue weighted by Crippen LogP contribution is 2.26. The molecule has 1 aliphatic carbocycles. The van der Waals surface area contributed by atoms with E-state index < -0.39 is 0 Å². The van der Waals surface area contributed by atoms with E-state index in [0.29, 0.717) is 5.82 Å². The number of aromatic nitrogens is 2. The molecule has 1 aliphatic rings. The van der Waals surface area contributed by atoms with Crippen LogP contribution in [0.15, 0.2) is 42.7 Å². The monoisotopic (exact) mass is 238 g/mol. The standard InChI is InChI=1S/C15H14N2O/c18-14(15-16-8-3-9-17-15)13-7-6-11-4-1-2-5-12(11)10-13/h1-5,8-9,13H,6-7,10H2. The Balaban J connectivity index is 1.82. The Kier molecular flexibility index (Phi) is 2.89. The summed E-state index contributed by atoms with van der Waals surface area (Å²) >= 11 is 0. The molecule has 0 saturated carbocycles. The zero-order chi connectivity index (χ0) is 12.4. The maximum Gasteiger partial charge on any atom is 0.203 e. The van der Waals surface area contributed by atoms with Crippen molar-refractivity contribution in [2.24, 2.45) is 5.92 Å². The maximum atomic E-state index is 12.3. The van der Waals surface area contributed by atoms with Crippen LogP contribution in [0.25, 0.3) is 0 Å². The molecule has 1 aromatic heterocycles. The Bertz CT molecular complexity index is 566. The van der Waals surface area contributed by atoms with Gasteiger partial charge in [0.05, 0.1) is 0 Å². The van der Waals surface area contributed by atoms with Gasteiger partial charge in [-0.3, -0.25) is 4.79 Å². The summed E-state index contributed by atoms with van der Waals surface area (Å²) < 4.78 is 0. The molecule has 1 heterocycles. The highest BCUT2D eigenvalue weighted by atomic mass is 16.1. The van der Waals surface area contributed by atoms with Gasteiger partial charge in [0.2, 0.25) is 5.78 Å². The van der Waals surface area contributed by atoms with Gasteiger partial charge in [-0.1, -0.05) is 24.3 Å². The molecule has 1 aromatic carbocycles. The summed E-state index contributed by atoms with van der Waals surface area (Å²) in [5.41, 5.74) is 2.66. The number of Topliss-reactive ketones (excluding diaryl/α,β-unsaturated/α-hetero) is 1. The zero-order valence-electron chi connectivity index (χ0n) is 10.0. The van der Waals surface area contributed by atoms with Crippen LogP contribution in [0.5, 0.6) is 0 Å². The molecule has 0 radical (unpaired) electrons. The minimum absolute atomic E-state index is 0.0299. The molecule has 18 heavy (non-hydrogen) atoms. The number of aryl methyl sites for hydroxylation is 1. The molecular weight excluding hydrogens is 224 g/mol. The van der Waals surface area contributed by atoms with Crippen molar-refractivity contribution in [3.8, 4) is 0 Å². The van der Waals surface area contributed by atoms with E-state index in [1.54, 1.807) is 18.5 Å². The van der Waals surface area contributed by atoms with E-state index in [4.69, 9.17) is 0 Å². The first-order valence-corrected chi connectivity index (χ1v) is 6.22. The molecule has 3 rings (SSSR count). The molecule has 90 valence electrons. The third kappa shape index (κ3) is 2.04. The number of ketones is 1. The lowest BCUT2D eigenvalue weighted by Crippen LogP contribution is -2.24. The van der Waals surface area contributed by atoms with E-state index in [1.165, 1.54) is 11.1 Å². The zero-order valence-corrected chi connectivity index (χ0v) is 10.0. The van der Waals surface area contributed by atoms with Gasteiger partial charge in [-0.2, -0.15) is 0 Å². The third-order valence-corrected chi connectivity index (χ3v) is 3.50. The van der Waals surface area contributed by atoms with Gasteiger partial charge in [0.15, 0.2) is 5.82 Å². The van der Waals surface area contributed by atoms with E-state index in [9.17, 15) is 4.79 Å². The number of hydrogen-bond acceptors (Lipinski definition) is 3. The van der Waals surface area contributed by atoms with Gasteiger partial charge in [-0.05, 0) is 36.5 Å². The lowest BCUT2D eigenvalue weighted by molar-refractivity contribution is 0.0898. The third-order valence-electron chi connectivity index (χ3n) is 3.50. The van der Waals surface area contributed by atoms with E-state index in [0.717, 1.165) is 19.3 Å². The van der Waals surface area contributed by atoms with Crippen molar-refractivity contribution in [1.29, 1.82) is 0 Å². The predicted octanol–water partition coefficient (Wildman–Crippen LogP) is 2.46. The molecule has 1 atom stereocenters. The number of carbonyl (C=O) groups excluding carboxylic acids is 1. The molecule has 0 aliphatic heterocycles. The molecule has 0 amide bonds. The molecule has 0 saturated heterocycles. The van der Waals surface area contributed by atoms with Crippen LogP contribution < -0.4 is 0 Å². The summed E-state index contributed by atoms with van der Waals surface area (Å²) in [6, 6.07) is 10.1. The van der Waals surface area contributed by atoms with Crippen molar-refractivity contribution in [3.63, 3.8) is 0 Å². The normalized spacial score (nSPS) is 18.1. The summed E-state index contributed by atoms with van der Waals surface area (Å²) in [5.74, 6) is 0.453. The van der Waals surface area contributed by atoms with Crippen LogP contribution in [-0.2, 0) is 12.8 Å². The average Bonchev–Trinajstić information content (AvgIpc) is 2.47. The van der Waals surface area contributed by atoms with Crippen molar-refractivity contribution >= 4 is 5.78 Å². The molecule has 0 spiro atoms. The molecular formula is C15H14N2O. The first kappa shape index (κ1) is 11.1. The Morgan fingerprint density at radius 3 is 2.56 bits per heavy atom. The minimum atomic E-state index is 0.0299. The molecule has 0 bridgehead atoms. The Morgan fingerprint density at radius 2 is 1.78 bits per heavy atom. The second-order valence-electron chi connectivity index (χ2n) is 4.65. The summed E-state index contributed by atoms with van der Waals surface area (Å²) in [5, 5.41) is 0. The van der Waals surface area contributed by atoms with Gasteiger partial charge < -0.3 is 0 Å². The predicted molar refractivity (Wildman–Crippen MR) is 68.3 cm³/mol. The summed E-state index contributed by atoms with van der Waals surface area (Å²) in [6.45, 7) is 0. The van der Waals surface area contributed by atoms with Crippen LogP contribution >= 0.6 is 0 Å². The second-order valence-corrected chi connectivity index (χ2v) is 4.65. The van der Waals surface area contributed by atoms with Crippen LogP contribution in [0.2, 0.25) is 0 Å². The lowest BCUT2D eigenvalue weighted by Gasteiger charge is -2.22. The highest BCUT2D eigenvalue weighted by molar-refractivity contribution is 5.94. The van der Waals surface area contributed by atoms with Crippen LogP contribution in [0.3, 0.4) is 0 Å². The van der Waals surface area contributed by atoms with Gasteiger partial charge in [0.1, 0.15) is 0 Å². The van der Waals surface area contributed by atoms with Crippen molar-refractivity contribution in [2.45, 2.75) is 19.3 Å². The number of hydrogen-bond donors (Lipinski definition) is 0. The van der Waals surface area contributed by atoms with E-state index in [1.807, 2.05) is 6.07 Å². The van der Waals surface area contributed by atoms with Crippen molar-refractivity contribution in [1.82, 2.24) is 9.97 Å². The smallest absolute Gasteiger partial charge is 0.203 e. The summed E-state index contributed by atoms with van der Waals surface area (Å²) in [7, 11) is 0. The molecule has 0 N–H and O–H groups in total. The fourth-order valence-electron chi connectivity index (χ4n) is 2.53. The van der Waals surface area contributed by atoms with Crippen molar-refractivity contribution in [3.05, 3.63) is 59.7 Å². The second kappa shape index (κ2) is 4.69. The van der Waals surface area contributed by atoms with Crippen molar-refractivity contribution in [2.75, 3.05) is 0 Å². The van der Waals surface area contributed by atoms with Gasteiger partial charge >= 0.3 is 0 Å². The molecule has 2 aromatic rings. The number of carbonyl (C=O) groups is 1. The Morgan fingerprint density at radius 1 is 1.06 bits per heavy atom. The van der Waals surface area contributed by atoms with Crippen LogP contribution in [-0.4, -0.2) is 15.8 Å². The number of rotatable bonds is 2. The lowest BCUT2D eigenvalue weighted by atomic mass is 9.81. The Labute approximate surface area is 106 Å². The highest BCUT2D eigenvalue weighted by Gasteiger charge is 2.26. The van der Waals surface area contributed by atoms with E-state index >= 15 is 0 Å². The van der Waals surface area contributed by atoms with Crippen LogP contribution in [0.4, 0.5) is 0 Å². The number of benzene rings is 1. The Hall–Kier alpha value is -2.03. The maximum absolute atomic E-state index is 12.3. The van der Waals surface area contributed by atoms with Gasteiger partial charge in [0.25, 0.3) is 0 Å².